The normalized spacial score (nSPS) is 14.5. The van der Waals surface area contributed by atoms with Gasteiger partial charge in [-0.2, -0.15) is 5.26 Å². The van der Waals surface area contributed by atoms with Gasteiger partial charge in [-0.05, 0) is 6.07 Å². The number of halogens is 1. The van der Waals surface area contributed by atoms with Gasteiger partial charge >= 0.3 is 0 Å². The molecule has 1 heterocycles. The lowest BCUT2D eigenvalue weighted by Gasteiger charge is -2.19. The molecule has 0 spiro atoms. The molecule has 0 amide bonds. The molecule has 3 heteroatoms. The van der Waals surface area contributed by atoms with Gasteiger partial charge < -0.3 is 4.90 Å². The quantitative estimate of drug-likeness (QED) is 0.756. The summed E-state index contributed by atoms with van der Waals surface area (Å²) in [4.78, 5) is 1.82. The molecule has 1 aliphatic heterocycles. The van der Waals surface area contributed by atoms with Crippen molar-refractivity contribution in [3.63, 3.8) is 0 Å². The summed E-state index contributed by atoms with van der Waals surface area (Å²) >= 11 is 0. The second-order valence-electron chi connectivity index (χ2n) is 3.62. The standard InChI is InChI=1S/C13H11FN2/c14-13-6-2-1-5-12(13)10-16-7-3-4-11(8-15)9-16/h1-3,5-7,9H,4,10H2. The van der Waals surface area contributed by atoms with Crippen molar-refractivity contribution in [2.75, 3.05) is 0 Å². The number of hydrogen-bond donors (Lipinski definition) is 0. The van der Waals surface area contributed by atoms with Crippen LogP contribution in [-0.2, 0) is 6.54 Å². The Kier molecular flexibility index (Phi) is 3.02. The lowest BCUT2D eigenvalue weighted by molar-refractivity contribution is 0.470. The molecule has 2 nitrogen and oxygen atoms in total. The van der Waals surface area contributed by atoms with E-state index < -0.39 is 0 Å². The Balaban J connectivity index is 2.14. The van der Waals surface area contributed by atoms with E-state index in [0.29, 0.717) is 24.1 Å². The number of hydrogen-bond acceptors (Lipinski definition) is 2. The Hall–Kier alpha value is -2.08. The van der Waals surface area contributed by atoms with Crippen LogP contribution >= 0.6 is 0 Å². The first-order valence-electron chi connectivity index (χ1n) is 5.06. The molecule has 0 radical (unpaired) electrons. The van der Waals surface area contributed by atoms with Crippen molar-refractivity contribution in [2.24, 2.45) is 0 Å². The monoisotopic (exact) mass is 214 g/mol. The third-order valence-electron chi connectivity index (χ3n) is 2.41. The molecule has 0 fully saturated rings. The van der Waals surface area contributed by atoms with Gasteiger partial charge in [-0.15, -0.1) is 0 Å². The molecular formula is C13H11FN2. The number of rotatable bonds is 2. The van der Waals surface area contributed by atoms with Gasteiger partial charge in [0, 0.05) is 36.5 Å². The van der Waals surface area contributed by atoms with Gasteiger partial charge in [-0.3, -0.25) is 0 Å². The van der Waals surface area contributed by atoms with Crippen LogP contribution in [-0.4, -0.2) is 4.90 Å². The molecule has 0 N–H and O–H groups in total. The molecule has 1 aromatic carbocycles. The second kappa shape index (κ2) is 4.63. The Morgan fingerprint density at radius 1 is 1.38 bits per heavy atom. The van der Waals surface area contributed by atoms with E-state index in [2.05, 4.69) is 6.07 Å². The van der Waals surface area contributed by atoms with E-state index in [-0.39, 0.29) is 5.82 Å². The van der Waals surface area contributed by atoms with Crippen LogP contribution in [0, 0.1) is 17.1 Å². The highest BCUT2D eigenvalue weighted by atomic mass is 19.1. The molecule has 0 unspecified atom stereocenters. The number of benzene rings is 1. The summed E-state index contributed by atoms with van der Waals surface area (Å²) in [7, 11) is 0. The average Bonchev–Trinajstić information content (AvgIpc) is 2.32. The molecule has 1 aliphatic rings. The fourth-order valence-corrected chi connectivity index (χ4v) is 1.61. The van der Waals surface area contributed by atoms with E-state index in [9.17, 15) is 4.39 Å². The van der Waals surface area contributed by atoms with Crippen molar-refractivity contribution < 1.29 is 4.39 Å². The van der Waals surface area contributed by atoms with Gasteiger partial charge in [0.05, 0.1) is 6.07 Å². The van der Waals surface area contributed by atoms with Crippen molar-refractivity contribution in [1.82, 2.24) is 4.90 Å². The average molecular weight is 214 g/mol. The first kappa shape index (κ1) is 10.4. The van der Waals surface area contributed by atoms with Crippen molar-refractivity contribution in [3.05, 3.63) is 59.7 Å². The van der Waals surface area contributed by atoms with E-state index >= 15 is 0 Å². The lowest BCUT2D eigenvalue weighted by Crippen LogP contribution is -2.13. The van der Waals surface area contributed by atoms with Crippen LogP contribution < -0.4 is 0 Å². The SMILES string of the molecule is N#CC1=CN(Cc2ccccc2F)C=CC1. The maximum atomic E-state index is 13.4. The lowest BCUT2D eigenvalue weighted by atomic mass is 10.1. The van der Waals surface area contributed by atoms with Crippen LogP contribution in [0.15, 0.2) is 48.3 Å². The second-order valence-corrected chi connectivity index (χ2v) is 3.62. The highest BCUT2D eigenvalue weighted by Gasteiger charge is 2.07. The minimum absolute atomic E-state index is 0.214. The van der Waals surface area contributed by atoms with Crippen LogP contribution in [0.4, 0.5) is 4.39 Å². The maximum Gasteiger partial charge on any atom is 0.128 e. The molecule has 0 saturated heterocycles. The third-order valence-corrected chi connectivity index (χ3v) is 2.41. The number of nitriles is 1. The molecular weight excluding hydrogens is 203 g/mol. The Bertz CT molecular complexity index is 483. The van der Waals surface area contributed by atoms with E-state index in [1.807, 2.05) is 17.2 Å². The van der Waals surface area contributed by atoms with Gasteiger partial charge in [0.1, 0.15) is 5.82 Å². The highest BCUT2D eigenvalue weighted by molar-refractivity contribution is 5.27. The molecule has 0 atom stereocenters. The number of allylic oxidation sites excluding steroid dienone is 2. The van der Waals surface area contributed by atoms with Crippen molar-refractivity contribution in [2.45, 2.75) is 13.0 Å². The summed E-state index contributed by atoms with van der Waals surface area (Å²) in [6.07, 6.45) is 6.18. The molecule has 80 valence electrons. The predicted molar refractivity (Wildman–Crippen MR) is 59.4 cm³/mol. The third kappa shape index (κ3) is 2.29. The van der Waals surface area contributed by atoms with Gasteiger partial charge in [-0.25, -0.2) is 4.39 Å². The van der Waals surface area contributed by atoms with E-state index in [4.69, 9.17) is 5.26 Å². The molecule has 1 aromatic rings. The maximum absolute atomic E-state index is 13.4. The first-order chi connectivity index (χ1) is 7.79. The largest absolute Gasteiger partial charge is 0.349 e. The zero-order valence-corrected chi connectivity index (χ0v) is 8.73. The summed E-state index contributed by atoms with van der Waals surface area (Å²) in [5.41, 5.74) is 1.32. The molecule has 0 aliphatic carbocycles. The minimum Gasteiger partial charge on any atom is -0.349 e. The molecule has 2 rings (SSSR count). The Morgan fingerprint density at radius 3 is 2.94 bits per heavy atom. The van der Waals surface area contributed by atoms with Crippen molar-refractivity contribution in [1.29, 1.82) is 5.26 Å². The fraction of sp³-hybridized carbons (Fsp3) is 0.154. The topological polar surface area (TPSA) is 27.0 Å². The molecule has 16 heavy (non-hydrogen) atoms. The Labute approximate surface area is 93.9 Å². The van der Waals surface area contributed by atoms with E-state index in [1.54, 1.807) is 24.4 Å². The summed E-state index contributed by atoms with van der Waals surface area (Å²) < 4.78 is 13.4. The highest BCUT2D eigenvalue weighted by Crippen LogP contribution is 2.16. The Morgan fingerprint density at radius 2 is 2.19 bits per heavy atom. The first-order valence-corrected chi connectivity index (χ1v) is 5.06. The van der Waals surface area contributed by atoms with Crippen LogP contribution in [0.1, 0.15) is 12.0 Å². The van der Waals surface area contributed by atoms with Gasteiger partial charge in [0.2, 0.25) is 0 Å². The van der Waals surface area contributed by atoms with E-state index in [1.165, 1.54) is 6.07 Å². The van der Waals surface area contributed by atoms with Crippen LogP contribution in [0.25, 0.3) is 0 Å². The van der Waals surface area contributed by atoms with Gasteiger partial charge in [0.15, 0.2) is 0 Å². The molecule has 0 saturated carbocycles. The van der Waals surface area contributed by atoms with Crippen LogP contribution in [0.5, 0.6) is 0 Å². The summed E-state index contributed by atoms with van der Waals surface area (Å²) in [5.74, 6) is -0.214. The van der Waals surface area contributed by atoms with E-state index in [0.717, 1.165) is 0 Å². The summed E-state index contributed by atoms with van der Waals surface area (Å²) in [6.45, 7) is 0.453. The summed E-state index contributed by atoms with van der Waals surface area (Å²) in [5, 5.41) is 8.78. The predicted octanol–water partition coefficient (Wildman–Crippen LogP) is 2.95. The smallest absolute Gasteiger partial charge is 0.128 e. The number of nitrogens with zero attached hydrogens (tertiary/aromatic N) is 2. The zero-order valence-electron chi connectivity index (χ0n) is 8.73. The molecule has 0 bridgehead atoms. The van der Waals surface area contributed by atoms with Crippen LogP contribution in [0.2, 0.25) is 0 Å². The zero-order chi connectivity index (χ0) is 11.4. The van der Waals surface area contributed by atoms with Crippen molar-refractivity contribution >= 4 is 0 Å². The van der Waals surface area contributed by atoms with Gasteiger partial charge in [0.25, 0.3) is 0 Å². The minimum atomic E-state index is -0.214. The van der Waals surface area contributed by atoms with Crippen molar-refractivity contribution in [3.8, 4) is 6.07 Å². The summed E-state index contributed by atoms with van der Waals surface area (Å²) in [6, 6.07) is 8.77. The van der Waals surface area contributed by atoms with Gasteiger partial charge in [-0.1, -0.05) is 24.3 Å². The van der Waals surface area contributed by atoms with Crippen LogP contribution in [0.3, 0.4) is 0 Å². The molecule has 0 aromatic heterocycles. The fourth-order valence-electron chi connectivity index (χ4n) is 1.61.